The molecule has 1 aliphatic rings. The van der Waals surface area contributed by atoms with Crippen molar-refractivity contribution in [3.8, 4) is 0 Å². The lowest BCUT2D eigenvalue weighted by Crippen LogP contribution is -2.42. The molecule has 2 aromatic carbocycles. The molecular formula is C18H17ClFN3O2. The van der Waals surface area contributed by atoms with Crippen LogP contribution in [0.25, 0.3) is 0 Å². The number of para-hydroxylation sites is 2. The number of fused-ring (bicyclic) bond motifs is 1. The topological polar surface area (TPSA) is 61.4 Å². The van der Waals surface area contributed by atoms with Crippen LogP contribution in [0, 0.1) is 5.82 Å². The third-order valence-corrected chi connectivity index (χ3v) is 4.22. The van der Waals surface area contributed by atoms with Gasteiger partial charge in [-0.3, -0.25) is 9.59 Å². The maximum Gasteiger partial charge on any atom is 0.246 e. The van der Waals surface area contributed by atoms with Crippen molar-refractivity contribution < 1.29 is 14.0 Å². The van der Waals surface area contributed by atoms with Gasteiger partial charge in [0.2, 0.25) is 11.8 Å². The van der Waals surface area contributed by atoms with Crippen LogP contribution < -0.4 is 15.5 Å². The minimum Gasteiger partial charge on any atom is -0.374 e. The number of nitrogens with one attached hydrogen (secondary N) is 2. The van der Waals surface area contributed by atoms with E-state index in [1.54, 1.807) is 36.1 Å². The number of benzene rings is 2. The Balaban J connectivity index is 1.83. The first-order valence-electron chi connectivity index (χ1n) is 7.85. The van der Waals surface area contributed by atoms with Crippen LogP contribution in [-0.2, 0) is 9.59 Å². The molecule has 7 heteroatoms. The van der Waals surface area contributed by atoms with Crippen LogP contribution in [0.1, 0.15) is 13.3 Å². The highest BCUT2D eigenvalue weighted by atomic mass is 35.5. The Morgan fingerprint density at radius 1 is 1.36 bits per heavy atom. The van der Waals surface area contributed by atoms with Crippen molar-refractivity contribution in [2.45, 2.75) is 19.4 Å². The van der Waals surface area contributed by atoms with Crippen molar-refractivity contribution in [2.24, 2.45) is 0 Å². The van der Waals surface area contributed by atoms with Gasteiger partial charge in [-0.1, -0.05) is 23.7 Å². The maximum atomic E-state index is 13.8. The molecule has 0 aliphatic carbocycles. The van der Waals surface area contributed by atoms with E-state index in [1.807, 2.05) is 0 Å². The molecule has 0 radical (unpaired) electrons. The summed E-state index contributed by atoms with van der Waals surface area (Å²) >= 11 is 5.86. The minimum absolute atomic E-state index is 0.121. The van der Waals surface area contributed by atoms with E-state index in [4.69, 9.17) is 11.6 Å². The van der Waals surface area contributed by atoms with E-state index in [2.05, 4.69) is 10.6 Å². The summed E-state index contributed by atoms with van der Waals surface area (Å²) in [6.45, 7) is 1.68. The van der Waals surface area contributed by atoms with Gasteiger partial charge in [0.15, 0.2) is 0 Å². The zero-order valence-electron chi connectivity index (χ0n) is 13.6. The standard InChI is InChI=1S/C18H17ClFN3O2/c1-11-8-17(24)22-14-4-2-3-5-16(14)23(11)18(25)10-21-15-9-12(19)6-7-13(15)20/h2-7,9,11,21H,8,10H2,1H3,(H,22,24)/t11-/m1/s1. The van der Waals surface area contributed by atoms with Gasteiger partial charge < -0.3 is 15.5 Å². The molecule has 25 heavy (non-hydrogen) atoms. The number of hydrogen-bond acceptors (Lipinski definition) is 3. The van der Waals surface area contributed by atoms with Gasteiger partial charge in [0.1, 0.15) is 5.82 Å². The Kier molecular flexibility index (Phi) is 4.90. The molecule has 2 amide bonds. The second kappa shape index (κ2) is 7.11. The van der Waals surface area contributed by atoms with Gasteiger partial charge in [-0.25, -0.2) is 4.39 Å². The lowest BCUT2D eigenvalue weighted by molar-refractivity contribution is -0.118. The van der Waals surface area contributed by atoms with E-state index in [0.717, 1.165) is 0 Å². The molecule has 130 valence electrons. The summed E-state index contributed by atoms with van der Waals surface area (Å²) in [5.74, 6) is -0.904. The third kappa shape index (κ3) is 3.74. The molecule has 0 spiro atoms. The molecule has 0 fully saturated rings. The Morgan fingerprint density at radius 3 is 2.92 bits per heavy atom. The Bertz CT molecular complexity index is 828. The first kappa shape index (κ1) is 17.2. The minimum atomic E-state index is -0.488. The second-order valence-electron chi connectivity index (χ2n) is 5.86. The highest BCUT2D eigenvalue weighted by Crippen LogP contribution is 2.31. The monoisotopic (exact) mass is 361 g/mol. The Hall–Kier alpha value is -2.60. The zero-order valence-corrected chi connectivity index (χ0v) is 14.3. The van der Waals surface area contributed by atoms with Crippen molar-refractivity contribution in [3.63, 3.8) is 0 Å². The summed E-state index contributed by atoms with van der Waals surface area (Å²) in [5, 5.41) is 5.95. The molecule has 5 nitrogen and oxygen atoms in total. The maximum absolute atomic E-state index is 13.8. The van der Waals surface area contributed by atoms with E-state index in [0.29, 0.717) is 16.4 Å². The van der Waals surface area contributed by atoms with Crippen LogP contribution in [-0.4, -0.2) is 24.4 Å². The number of nitrogens with zero attached hydrogens (tertiary/aromatic N) is 1. The smallest absolute Gasteiger partial charge is 0.246 e. The number of carbonyl (C=O) groups excluding carboxylic acids is 2. The number of carbonyl (C=O) groups is 2. The second-order valence-corrected chi connectivity index (χ2v) is 6.30. The molecule has 0 bridgehead atoms. The average Bonchev–Trinajstić information content (AvgIpc) is 2.69. The molecule has 2 aromatic rings. The summed E-state index contributed by atoms with van der Waals surface area (Å²) in [4.78, 5) is 26.3. The first-order chi connectivity index (χ1) is 12.0. The van der Waals surface area contributed by atoms with E-state index in [9.17, 15) is 14.0 Å². The predicted octanol–water partition coefficient (Wildman–Crippen LogP) is 3.65. The fourth-order valence-electron chi connectivity index (χ4n) is 2.86. The number of halogens is 2. The predicted molar refractivity (Wildman–Crippen MR) is 96.5 cm³/mol. The summed E-state index contributed by atoms with van der Waals surface area (Å²) in [6, 6.07) is 10.9. The molecule has 1 aliphatic heterocycles. The Morgan fingerprint density at radius 2 is 2.12 bits per heavy atom. The average molecular weight is 362 g/mol. The van der Waals surface area contributed by atoms with Crippen LogP contribution in [0.15, 0.2) is 42.5 Å². The van der Waals surface area contributed by atoms with Crippen LogP contribution >= 0.6 is 11.6 Å². The van der Waals surface area contributed by atoms with Gasteiger partial charge >= 0.3 is 0 Å². The normalized spacial score (nSPS) is 16.7. The molecule has 2 N–H and O–H groups in total. The lowest BCUT2D eigenvalue weighted by atomic mass is 10.1. The number of rotatable bonds is 3. The largest absolute Gasteiger partial charge is 0.374 e. The van der Waals surface area contributed by atoms with Crippen LogP contribution in [0.4, 0.5) is 21.5 Å². The molecule has 3 rings (SSSR count). The number of amides is 2. The van der Waals surface area contributed by atoms with Crippen molar-refractivity contribution >= 4 is 40.5 Å². The quantitative estimate of drug-likeness (QED) is 0.877. The molecule has 0 aromatic heterocycles. The van der Waals surface area contributed by atoms with E-state index in [-0.39, 0.29) is 36.5 Å². The SMILES string of the molecule is C[C@@H]1CC(=O)Nc2ccccc2N1C(=O)CNc1cc(Cl)ccc1F. The summed E-state index contributed by atoms with van der Waals surface area (Å²) in [5.41, 5.74) is 1.36. The summed E-state index contributed by atoms with van der Waals surface area (Å²) in [7, 11) is 0. The van der Waals surface area contributed by atoms with Crippen molar-refractivity contribution in [2.75, 3.05) is 22.1 Å². The first-order valence-corrected chi connectivity index (χ1v) is 8.23. The fraction of sp³-hybridized carbons (Fsp3) is 0.222. The summed E-state index contributed by atoms with van der Waals surface area (Å²) < 4.78 is 13.8. The molecule has 1 heterocycles. The van der Waals surface area contributed by atoms with Gasteiger partial charge in [0.05, 0.1) is 23.6 Å². The third-order valence-electron chi connectivity index (χ3n) is 3.99. The highest BCUT2D eigenvalue weighted by molar-refractivity contribution is 6.30. The Labute approximate surface area is 149 Å². The fourth-order valence-corrected chi connectivity index (χ4v) is 3.03. The van der Waals surface area contributed by atoms with Gasteiger partial charge in [0, 0.05) is 17.5 Å². The van der Waals surface area contributed by atoms with Gasteiger partial charge in [-0.15, -0.1) is 0 Å². The lowest BCUT2D eigenvalue weighted by Gasteiger charge is -2.28. The van der Waals surface area contributed by atoms with Crippen molar-refractivity contribution in [3.05, 3.63) is 53.3 Å². The van der Waals surface area contributed by atoms with Gasteiger partial charge in [0.25, 0.3) is 0 Å². The molecule has 0 saturated carbocycles. The van der Waals surface area contributed by atoms with Crippen LogP contribution in [0.3, 0.4) is 0 Å². The van der Waals surface area contributed by atoms with Crippen molar-refractivity contribution in [1.29, 1.82) is 0 Å². The van der Waals surface area contributed by atoms with Crippen LogP contribution in [0.5, 0.6) is 0 Å². The number of hydrogen-bond donors (Lipinski definition) is 2. The molecule has 0 unspecified atom stereocenters. The molecule has 0 saturated heterocycles. The molecular weight excluding hydrogens is 345 g/mol. The highest BCUT2D eigenvalue weighted by Gasteiger charge is 2.29. The zero-order chi connectivity index (χ0) is 18.0. The van der Waals surface area contributed by atoms with E-state index in [1.165, 1.54) is 18.2 Å². The molecule has 1 atom stereocenters. The summed E-state index contributed by atoms with van der Waals surface area (Å²) in [6.07, 6.45) is 0.186. The van der Waals surface area contributed by atoms with E-state index >= 15 is 0 Å². The number of anilines is 3. The van der Waals surface area contributed by atoms with Gasteiger partial charge in [-0.05, 0) is 37.3 Å². The van der Waals surface area contributed by atoms with Gasteiger partial charge in [-0.2, -0.15) is 0 Å². The van der Waals surface area contributed by atoms with Crippen LogP contribution in [0.2, 0.25) is 5.02 Å². The van der Waals surface area contributed by atoms with Crippen molar-refractivity contribution in [1.82, 2.24) is 0 Å². The van der Waals surface area contributed by atoms with E-state index < -0.39 is 5.82 Å².